The molecule has 2 aromatic rings. The van der Waals surface area contributed by atoms with Gasteiger partial charge in [-0.15, -0.1) is 11.3 Å². The molecule has 20 heavy (non-hydrogen) atoms. The summed E-state index contributed by atoms with van der Waals surface area (Å²) in [6, 6.07) is 1.89. The summed E-state index contributed by atoms with van der Waals surface area (Å²) in [6.07, 6.45) is 0.655. The summed E-state index contributed by atoms with van der Waals surface area (Å²) in [5.74, 6) is 0.856. The van der Waals surface area contributed by atoms with E-state index in [4.69, 9.17) is 5.73 Å². The van der Waals surface area contributed by atoms with Crippen LogP contribution in [0, 0.1) is 0 Å². The molecule has 0 atom stereocenters. The van der Waals surface area contributed by atoms with Crippen LogP contribution in [0.2, 0.25) is 0 Å². The lowest BCUT2D eigenvalue weighted by molar-refractivity contribution is -0.137. The lowest BCUT2D eigenvalue weighted by Crippen LogP contribution is -2.31. The summed E-state index contributed by atoms with van der Waals surface area (Å²) in [4.78, 5) is 33.7. The Balaban J connectivity index is 1.65. The Morgan fingerprint density at radius 3 is 2.80 bits per heavy atom. The van der Waals surface area contributed by atoms with Crippen LogP contribution in [-0.2, 0) is 9.59 Å². The van der Waals surface area contributed by atoms with Gasteiger partial charge in [0.25, 0.3) is 0 Å². The molecular formula is C12H12N4O2S2. The van der Waals surface area contributed by atoms with Gasteiger partial charge in [-0.3, -0.25) is 14.5 Å². The molecule has 0 aromatic carbocycles. The van der Waals surface area contributed by atoms with Crippen LogP contribution in [0.3, 0.4) is 0 Å². The van der Waals surface area contributed by atoms with Crippen molar-refractivity contribution in [1.82, 2.24) is 14.9 Å². The Bertz CT molecular complexity index is 669. The SMILES string of the molecule is Nc1nc(SCCN2C(=O)CCC2=O)nc2sccc12. The van der Waals surface area contributed by atoms with Crippen LogP contribution < -0.4 is 5.73 Å². The summed E-state index contributed by atoms with van der Waals surface area (Å²) >= 11 is 2.91. The largest absolute Gasteiger partial charge is 0.383 e. The second-order valence-corrected chi connectivity index (χ2v) is 6.28. The third-order valence-corrected chi connectivity index (χ3v) is 4.67. The topological polar surface area (TPSA) is 89.2 Å². The van der Waals surface area contributed by atoms with Gasteiger partial charge in [-0.2, -0.15) is 0 Å². The Kier molecular flexibility index (Phi) is 3.58. The summed E-state index contributed by atoms with van der Waals surface area (Å²) in [6.45, 7) is 0.397. The molecule has 8 heteroatoms. The zero-order chi connectivity index (χ0) is 14.1. The predicted octanol–water partition coefficient (Wildman–Crippen LogP) is 1.51. The first kappa shape index (κ1) is 13.3. The summed E-state index contributed by atoms with van der Waals surface area (Å²) < 4.78 is 0. The van der Waals surface area contributed by atoms with Gasteiger partial charge >= 0.3 is 0 Å². The molecule has 2 N–H and O–H groups in total. The van der Waals surface area contributed by atoms with Crippen LogP contribution in [0.5, 0.6) is 0 Å². The first-order valence-electron chi connectivity index (χ1n) is 6.12. The zero-order valence-electron chi connectivity index (χ0n) is 10.5. The number of hydrogen-bond acceptors (Lipinski definition) is 7. The maximum Gasteiger partial charge on any atom is 0.229 e. The fourth-order valence-corrected chi connectivity index (χ4v) is 3.63. The number of carbonyl (C=O) groups excluding carboxylic acids is 2. The lowest BCUT2D eigenvalue weighted by Gasteiger charge is -2.12. The van der Waals surface area contributed by atoms with E-state index < -0.39 is 0 Å². The minimum atomic E-state index is -0.0928. The van der Waals surface area contributed by atoms with E-state index in [0.717, 1.165) is 10.2 Å². The quantitative estimate of drug-likeness (QED) is 0.523. The van der Waals surface area contributed by atoms with E-state index in [1.807, 2.05) is 11.4 Å². The molecule has 2 aromatic heterocycles. The Morgan fingerprint density at radius 1 is 1.30 bits per heavy atom. The lowest BCUT2D eigenvalue weighted by atomic mass is 10.4. The Labute approximate surface area is 123 Å². The van der Waals surface area contributed by atoms with Gasteiger partial charge in [0, 0.05) is 25.1 Å². The number of imide groups is 1. The van der Waals surface area contributed by atoms with Crippen molar-refractivity contribution in [2.24, 2.45) is 0 Å². The van der Waals surface area contributed by atoms with Crippen molar-refractivity contribution >= 4 is 50.9 Å². The number of fused-ring (bicyclic) bond motifs is 1. The van der Waals surface area contributed by atoms with Crippen LogP contribution in [0.15, 0.2) is 16.6 Å². The van der Waals surface area contributed by atoms with Crippen LogP contribution >= 0.6 is 23.1 Å². The maximum absolute atomic E-state index is 11.5. The van der Waals surface area contributed by atoms with E-state index in [1.54, 1.807) is 0 Å². The van der Waals surface area contributed by atoms with Gasteiger partial charge in [0.05, 0.1) is 5.39 Å². The van der Waals surface area contributed by atoms with Crippen molar-refractivity contribution in [1.29, 1.82) is 0 Å². The van der Waals surface area contributed by atoms with Crippen LogP contribution in [0.4, 0.5) is 5.82 Å². The van der Waals surface area contributed by atoms with Crippen LogP contribution in [-0.4, -0.2) is 39.0 Å². The molecule has 1 aliphatic rings. The number of amides is 2. The molecule has 0 aliphatic carbocycles. The highest BCUT2D eigenvalue weighted by molar-refractivity contribution is 7.99. The molecule has 1 fully saturated rings. The molecule has 2 amide bonds. The average Bonchev–Trinajstić information content (AvgIpc) is 3.00. The predicted molar refractivity (Wildman–Crippen MR) is 78.5 cm³/mol. The van der Waals surface area contributed by atoms with E-state index in [2.05, 4.69) is 9.97 Å². The standard InChI is InChI=1S/C12H12N4O2S2/c13-10-7-3-5-19-11(7)15-12(14-10)20-6-4-16-8(17)1-2-9(16)18/h3,5H,1-2,4,6H2,(H2,13,14,15). The Morgan fingerprint density at radius 2 is 2.05 bits per heavy atom. The van der Waals surface area contributed by atoms with Crippen molar-refractivity contribution in [3.8, 4) is 0 Å². The fraction of sp³-hybridized carbons (Fsp3) is 0.333. The van der Waals surface area contributed by atoms with Crippen molar-refractivity contribution in [3.63, 3.8) is 0 Å². The number of rotatable bonds is 4. The molecule has 0 unspecified atom stereocenters. The third-order valence-electron chi connectivity index (χ3n) is 3.03. The molecule has 1 aliphatic heterocycles. The molecule has 0 spiro atoms. The molecule has 104 valence electrons. The minimum Gasteiger partial charge on any atom is -0.383 e. The number of hydrogen-bond donors (Lipinski definition) is 1. The number of nitrogen functional groups attached to an aromatic ring is 1. The molecule has 6 nitrogen and oxygen atoms in total. The van der Waals surface area contributed by atoms with Crippen molar-refractivity contribution < 1.29 is 9.59 Å². The van der Waals surface area contributed by atoms with Crippen molar-refractivity contribution in [3.05, 3.63) is 11.4 Å². The number of carbonyl (C=O) groups is 2. The van der Waals surface area contributed by atoms with Gasteiger partial charge in [0.15, 0.2) is 5.16 Å². The second kappa shape index (κ2) is 5.37. The van der Waals surface area contributed by atoms with E-state index in [-0.39, 0.29) is 11.8 Å². The highest BCUT2D eigenvalue weighted by Gasteiger charge is 2.28. The molecule has 0 radical (unpaired) electrons. The van der Waals surface area contributed by atoms with Crippen LogP contribution in [0.1, 0.15) is 12.8 Å². The van der Waals surface area contributed by atoms with Gasteiger partial charge in [0.2, 0.25) is 11.8 Å². The van der Waals surface area contributed by atoms with E-state index >= 15 is 0 Å². The molecule has 0 bridgehead atoms. The van der Waals surface area contributed by atoms with E-state index in [9.17, 15) is 9.59 Å². The minimum absolute atomic E-state index is 0.0928. The van der Waals surface area contributed by atoms with Crippen molar-refractivity contribution in [2.45, 2.75) is 18.0 Å². The zero-order valence-corrected chi connectivity index (χ0v) is 12.2. The monoisotopic (exact) mass is 308 g/mol. The van der Waals surface area contributed by atoms with E-state index in [1.165, 1.54) is 28.0 Å². The van der Waals surface area contributed by atoms with Crippen molar-refractivity contribution in [2.75, 3.05) is 18.0 Å². The average molecular weight is 308 g/mol. The first-order chi connectivity index (χ1) is 9.65. The van der Waals surface area contributed by atoms with E-state index in [0.29, 0.717) is 36.1 Å². The molecular weight excluding hydrogens is 296 g/mol. The fourth-order valence-electron chi connectivity index (χ4n) is 2.02. The smallest absolute Gasteiger partial charge is 0.229 e. The highest BCUT2D eigenvalue weighted by Crippen LogP contribution is 2.26. The number of anilines is 1. The Hall–Kier alpha value is -1.67. The van der Waals surface area contributed by atoms with Gasteiger partial charge in [-0.25, -0.2) is 9.97 Å². The first-order valence-corrected chi connectivity index (χ1v) is 7.98. The van der Waals surface area contributed by atoms with Gasteiger partial charge < -0.3 is 5.73 Å². The number of likely N-dealkylation sites (tertiary alicyclic amines) is 1. The number of aromatic nitrogens is 2. The molecule has 0 saturated carbocycles. The summed E-state index contributed by atoms with van der Waals surface area (Å²) in [5, 5.41) is 3.37. The maximum atomic E-state index is 11.5. The van der Waals surface area contributed by atoms with Gasteiger partial charge in [0.1, 0.15) is 10.6 Å². The van der Waals surface area contributed by atoms with Crippen LogP contribution in [0.25, 0.3) is 10.2 Å². The number of thioether (sulfide) groups is 1. The third kappa shape index (κ3) is 2.48. The normalized spacial score (nSPS) is 15.5. The highest BCUT2D eigenvalue weighted by atomic mass is 32.2. The molecule has 3 heterocycles. The molecule has 3 rings (SSSR count). The number of nitrogens with two attached hydrogens (primary N) is 1. The summed E-state index contributed by atoms with van der Waals surface area (Å²) in [5.41, 5.74) is 5.86. The number of thiophene rings is 1. The molecule has 1 saturated heterocycles. The number of nitrogens with zero attached hydrogens (tertiary/aromatic N) is 3. The summed E-state index contributed by atoms with van der Waals surface area (Å²) in [7, 11) is 0. The van der Waals surface area contributed by atoms with Gasteiger partial charge in [-0.05, 0) is 11.4 Å². The van der Waals surface area contributed by atoms with Gasteiger partial charge in [-0.1, -0.05) is 11.8 Å². The second-order valence-electron chi connectivity index (χ2n) is 4.32.